The summed E-state index contributed by atoms with van der Waals surface area (Å²) in [5.41, 5.74) is 5.48. The maximum atomic E-state index is 6.09. The molecule has 0 N–H and O–H groups in total. The third-order valence-electron chi connectivity index (χ3n) is 4.96. The molecular weight excluding hydrogens is 527 g/mol. The molecule has 30 heavy (non-hydrogen) atoms. The molecule has 2 aliphatic rings. The Labute approximate surface area is 219 Å². The van der Waals surface area contributed by atoms with Crippen LogP contribution in [0, 0.1) is 17.6 Å². The minimum Gasteiger partial charge on any atom is -1.00 e. The molecule has 0 aliphatic heterocycles. The van der Waals surface area contributed by atoms with Crippen molar-refractivity contribution in [3.8, 4) is 0 Å². The van der Waals surface area contributed by atoms with E-state index in [4.69, 9.17) is 8.85 Å². The fraction of sp³-hybridized carbons (Fsp3) is 0.652. The van der Waals surface area contributed by atoms with E-state index in [-0.39, 0.29) is 56.4 Å². The van der Waals surface area contributed by atoms with Crippen molar-refractivity contribution in [3.05, 3.63) is 46.6 Å². The van der Waals surface area contributed by atoms with Gasteiger partial charge in [0.2, 0.25) is 0 Å². The van der Waals surface area contributed by atoms with E-state index in [2.05, 4.69) is 77.4 Å². The molecular formula is C23H38Cl2O2Si2Zr. The molecule has 0 saturated carbocycles. The minimum atomic E-state index is -1.46. The topological polar surface area (TPSA) is 18.5 Å². The van der Waals surface area contributed by atoms with Crippen LogP contribution >= 0.6 is 0 Å². The zero-order valence-corrected chi connectivity index (χ0v) is 25.9. The van der Waals surface area contributed by atoms with Gasteiger partial charge in [0.05, 0.1) is 0 Å². The first kappa shape index (κ1) is 33.0. The van der Waals surface area contributed by atoms with Gasteiger partial charge in [0.25, 0.3) is 0 Å². The molecule has 2 nitrogen and oxygen atoms in total. The molecule has 2 aliphatic carbocycles. The van der Waals surface area contributed by atoms with Crippen LogP contribution in [0.15, 0.2) is 34.4 Å². The summed E-state index contributed by atoms with van der Waals surface area (Å²) in [6.45, 7) is 19.8. The van der Waals surface area contributed by atoms with Crippen LogP contribution in [-0.4, -0.2) is 29.8 Å². The average molecular weight is 565 g/mol. The minimum absolute atomic E-state index is 0. The van der Waals surface area contributed by atoms with E-state index in [1.54, 1.807) is 0 Å². The molecule has 0 bridgehead atoms. The summed E-state index contributed by atoms with van der Waals surface area (Å²) in [7, 11) is -2.92. The third-order valence-corrected chi connectivity index (χ3v) is 7.10. The smallest absolute Gasteiger partial charge is 1.00 e. The predicted molar refractivity (Wildman–Crippen MR) is 121 cm³/mol. The van der Waals surface area contributed by atoms with Crippen LogP contribution in [0.25, 0.3) is 0 Å². The van der Waals surface area contributed by atoms with Crippen LogP contribution in [0.3, 0.4) is 0 Å². The van der Waals surface area contributed by atoms with Gasteiger partial charge < -0.3 is 33.7 Å². The van der Waals surface area contributed by atoms with E-state index >= 15 is 0 Å². The van der Waals surface area contributed by atoms with E-state index in [9.17, 15) is 0 Å². The van der Waals surface area contributed by atoms with Gasteiger partial charge in [-0.1, -0.05) is 32.1 Å². The molecule has 0 fully saturated rings. The number of halogens is 2. The molecule has 2 rings (SSSR count). The van der Waals surface area contributed by atoms with E-state index in [1.165, 1.54) is 22.3 Å². The second-order valence-electron chi connectivity index (χ2n) is 10.0. The Morgan fingerprint density at radius 3 is 1.40 bits per heavy atom. The number of hydrogen-bond donors (Lipinski definition) is 0. The number of rotatable bonds is 10. The van der Waals surface area contributed by atoms with Gasteiger partial charge in [-0.25, -0.2) is 11.1 Å². The van der Waals surface area contributed by atoms with Gasteiger partial charge in [-0.15, -0.1) is 12.8 Å². The summed E-state index contributed by atoms with van der Waals surface area (Å²) >= 11 is 0. The fourth-order valence-corrected chi connectivity index (χ4v) is 5.17. The molecule has 0 spiro atoms. The van der Waals surface area contributed by atoms with Crippen molar-refractivity contribution < 1.29 is 59.9 Å². The Bertz CT molecular complexity index is 614. The van der Waals surface area contributed by atoms with Crippen molar-refractivity contribution in [2.75, 3.05) is 13.2 Å². The second kappa shape index (κ2) is 13.5. The second-order valence-corrected chi connectivity index (χ2v) is 19.0. The average Bonchev–Trinajstić information content (AvgIpc) is 3.14. The Balaban J connectivity index is 0. The first-order chi connectivity index (χ1) is 12.4. The van der Waals surface area contributed by atoms with Crippen LogP contribution in [0.2, 0.25) is 39.3 Å². The van der Waals surface area contributed by atoms with Crippen LogP contribution in [0.1, 0.15) is 39.5 Å². The first-order valence-corrected chi connectivity index (χ1v) is 17.1. The number of hydrogen-bond acceptors (Lipinski definition) is 2. The molecule has 0 amide bonds. The van der Waals surface area contributed by atoms with E-state index in [1.807, 2.05) is 0 Å². The molecule has 0 radical (unpaired) electrons. The molecule has 168 valence electrons. The van der Waals surface area contributed by atoms with Crippen molar-refractivity contribution in [2.45, 2.75) is 78.8 Å². The quantitative estimate of drug-likeness (QED) is 0.286. The molecule has 0 saturated heterocycles. The zero-order valence-electron chi connectivity index (χ0n) is 20.0. The fourth-order valence-electron chi connectivity index (χ4n) is 3.74. The summed E-state index contributed by atoms with van der Waals surface area (Å²) in [5.74, 6) is 0. The Kier molecular flexibility index (Phi) is 14.8. The molecule has 0 aromatic carbocycles. The van der Waals surface area contributed by atoms with E-state index < -0.39 is 16.6 Å². The maximum Gasteiger partial charge on any atom is 4.00 e. The van der Waals surface area contributed by atoms with Crippen molar-refractivity contribution in [2.24, 2.45) is 5.41 Å². The van der Waals surface area contributed by atoms with Crippen molar-refractivity contribution in [1.29, 1.82) is 0 Å². The van der Waals surface area contributed by atoms with Crippen molar-refractivity contribution in [1.82, 2.24) is 0 Å². The van der Waals surface area contributed by atoms with Crippen LogP contribution < -0.4 is 24.8 Å². The molecule has 0 heterocycles. The van der Waals surface area contributed by atoms with Gasteiger partial charge in [-0.05, 0) is 39.3 Å². The SMILES string of the molecule is CC(C)(C1=[C-]CC=C1CCO[Si](C)(C)C)C1=[C-]CC=C1CCO[Si](C)(C)C.[Cl-].[Cl-].[Zr+4]. The molecule has 0 aromatic rings. The summed E-state index contributed by atoms with van der Waals surface area (Å²) in [4.78, 5) is 0. The monoisotopic (exact) mass is 562 g/mol. The van der Waals surface area contributed by atoms with E-state index in [0.717, 1.165) is 38.9 Å². The zero-order chi connectivity index (χ0) is 20.3. The molecule has 0 unspecified atom stereocenters. The summed E-state index contributed by atoms with van der Waals surface area (Å²) < 4.78 is 12.2. The van der Waals surface area contributed by atoms with Crippen LogP contribution in [-0.2, 0) is 35.1 Å². The predicted octanol–water partition coefficient (Wildman–Crippen LogP) is 0.621. The summed E-state index contributed by atoms with van der Waals surface area (Å²) in [5, 5.41) is 0. The van der Waals surface area contributed by atoms with E-state index in [0.29, 0.717) is 0 Å². The molecule has 0 atom stereocenters. The van der Waals surface area contributed by atoms with Gasteiger partial charge >= 0.3 is 26.2 Å². The normalized spacial score (nSPS) is 16.5. The number of allylic oxidation sites excluding steroid dienone is 6. The molecule has 7 heteroatoms. The van der Waals surface area contributed by atoms with Gasteiger partial charge in [-0.3, -0.25) is 12.2 Å². The van der Waals surface area contributed by atoms with Crippen LogP contribution in [0.5, 0.6) is 0 Å². The Hall–Kier alpha value is 0.777. The van der Waals surface area contributed by atoms with Gasteiger partial charge in [-0.2, -0.15) is 23.3 Å². The van der Waals surface area contributed by atoms with Gasteiger partial charge in [0, 0.05) is 13.2 Å². The van der Waals surface area contributed by atoms with Crippen molar-refractivity contribution >= 4 is 16.6 Å². The summed E-state index contributed by atoms with van der Waals surface area (Å²) in [6.07, 6.45) is 15.8. The molecule has 0 aromatic heterocycles. The third kappa shape index (κ3) is 10.1. The van der Waals surface area contributed by atoms with Crippen molar-refractivity contribution in [3.63, 3.8) is 0 Å². The Morgan fingerprint density at radius 2 is 1.10 bits per heavy atom. The van der Waals surface area contributed by atoms with Gasteiger partial charge in [0.15, 0.2) is 16.6 Å². The standard InChI is InChI=1S/C23H38O2Si2.2ClH.Zr/c1-23(2,21-13-9-11-19(21)15-17-24-26(3,4)5)22-14-10-12-20(22)16-18-25-27(6,7)8;;;/h11-12H,9-10,15-18H2,1-8H3;2*1H;/q-2;;;+4/p-2. The Morgan fingerprint density at radius 1 is 0.767 bits per heavy atom. The van der Waals surface area contributed by atoms with Gasteiger partial charge in [0.1, 0.15) is 0 Å². The maximum absolute atomic E-state index is 6.09. The first-order valence-electron chi connectivity index (χ1n) is 10.3. The van der Waals surface area contributed by atoms with Crippen LogP contribution in [0.4, 0.5) is 0 Å². The summed E-state index contributed by atoms with van der Waals surface area (Å²) in [6, 6.07) is 0. The largest absolute Gasteiger partial charge is 4.00 e.